The van der Waals surface area contributed by atoms with Crippen LogP contribution in [0.1, 0.15) is 5.56 Å². The third-order valence-corrected chi connectivity index (χ3v) is 4.06. The van der Waals surface area contributed by atoms with Crippen molar-refractivity contribution in [1.29, 1.82) is 5.26 Å². The highest BCUT2D eigenvalue weighted by Crippen LogP contribution is 2.36. The highest BCUT2D eigenvalue weighted by atomic mass is 35.5. The first-order valence-corrected chi connectivity index (χ1v) is 7.78. The molecule has 116 valence electrons. The zero-order chi connectivity index (χ0) is 16.4. The van der Waals surface area contributed by atoms with E-state index in [0.717, 1.165) is 21.7 Å². The van der Waals surface area contributed by atoms with Crippen LogP contribution < -0.4 is 9.47 Å². The van der Waals surface area contributed by atoms with Crippen molar-refractivity contribution in [2.45, 2.75) is 0 Å². The number of methoxy groups -OCH3 is 1. The van der Waals surface area contributed by atoms with Crippen LogP contribution in [-0.2, 0) is 0 Å². The number of fused-ring (bicyclic) bond motifs is 2. The number of benzene rings is 2. The van der Waals surface area contributed by atoms with Gasteiger partial charge in [0.15, 0.2) is 11.5 Å². The molecular formula is C17H12Cl2N2O2. The summed E-state index contributed by atoms with van der Waals surface area (Å²) in [5.41, 5.74) is 1.07. The third kappa shape index (κ3) is 2.86. The average molecular weight is 347 g/mol. The van der Waals surface area contributed by atoms with Crippen molar-refractivity contribution in [3.05, 3.63) is 41.0 Å². The normalized spacial score (nSPS) is 10.7. The lowest BCUT2D eigenvalue weighted by molar-refractivity contribution is 0.313. The minimum atomic E-state index is 0.352. The van der Waals surface area contributed by atoms with E-state index in [4.69, 9.17) is 37.9 Å². The van der Waals surface area contributed by atoms with Gasteiger partial charge in [-0.1, -0.05) is 11.6 Å². The molecule has 4 nitrogen and oxygen atoms in total. The quantitative estimate of drug-likeness (QED) is 0.514. The highest BCUT2D eigenvalue weighted by Gasteiger charge is 2.11. The van der Waals surface area contributed by atoms with Crippen molar-refractivity contribution in [2.75, 3.05) is 19.6 Å². The Bertz CT molecular complexity index is 935. The molecule has 0 radical (unpaired) electrons. The van der Waals surface area contributed by atoms with Crippen molar-refractivity contribution >= 4 is 44.9 Å². The van der Waals surface area contributed by atoms with Gasteiger partial charge in [0, 0.05) is 11.6 Å². The lowest BCUT2D eigenvalue weighted by Crippen LogP contribution is -2.00. The summed E-state index contributed by atoms with van der Waals surface area (Å²) in [5, 5.41) is 12.1. The van der Waals surface area contributed by atoms with Crippen LogP contribution in [0.5, 0.6) is 11.5 Å². The molecule has 6 heteroatoms. The summed E-state index contributed by atoms with van der Waals surface area (Å²) in [4.78, 5) is 4.29. The number of halogens is 2. The molecule has 0 saturated carbocycles. The van der Waals surface area contributed by atoms with Crippen LogP contribution in [0.15, 0.2) is 30.5 Å². The average Bonchev–Trinajstić information content (AvgIpc) is 2.58. The van der Waals surface area contributed by atoms with Crippen LogP contribution >= 0.6 is 23.2 Å². The van der Waals surface area contributed by atoms with Crippen LogP contribution in [0, 0.1) is 11.3 Å². The van der Waals surface area contributed by atoms with Crippen LogP contribution in [-0.4, -0.2) is 24.6 Å². The van der Waals surface area contributed by atoms with E-state index in [1.54, 1.807) is 7.11 Å². The second-order valence-corrected chi connectivity index (χ2v) is 5.61. The first kappa shape index (κ1) is 15.7. The molecule has 0 bridgehead atoms. The number of nitrogens with zero attached hydrogens (tertiary/aromatic N) is 2. The lowest BCUT2D eigenvalue weighted by atomic mass is 10.0. The smallest absolute Gasteiger partial charge is 0.161 e. The van der Waals surface area contributed by atoms with E-state index >= 15 is 0 Å². The van der Waals surface area contributed by atoms with Gasteiger partial charge in [0.2, 0.25) is 0 Å². The minimum absolute atomic E-state index is 0.352. The Morgan fingerprint density at radius 2 is 1.91 bits per heavy atom. The Hall–Kier alpha value is -2.22. The number of ether oxygens (including phenoxy) is 2. The fraction of sp³-hybridized carbons (Fsp3) is 0.176. The van der Waals surface area contributed by atoms with E-state index in [-0.39, 0.29) is 0 Å². The first-order valence-electron chi connectivity index (χ1n) is 6.86. The number of pyridine rings is 1. The molecule has 1 aromatic heterocycles. The second-order valence-electron chi connectivity index (χ2n) is 4.85. The molecule has 0 spiro atoms. The number of nitriles is 1. The Morgan fingerprint density at radius 3 is 2.61 bits per heavy atom. The fourth-order valence-corrected chi connectivity index (χ4v) is 2.73. The van der Waals surface area contributed by atoms with Gasteiger partial charge in [-0.15, -0.1) is 11.6 Å². The van der Waals surface area contributed by atoms with Crippen LogP contribution in [0.2, 0.25) is 5.02 Å². The van der Waals surface area contributed by atoms with E-state index in [1.165, 1.54) is 6.20 Å². The van der Waals surface area contributed by atoms with Crippen LogP contribution in [0.25, 0.3) is 21.7 Å². The van der Waals surface area contributed by atoms with Crippen molar-refractivity contribution in [1.82, 2.24) is 4.98 Å². The Morgan fingerprint density at radius 1 is 1.17 bits per heavy atom. The van der Waals surface area contributed by atoms with E-state index < -0.39 is 0 Å². The second kappa shape index (κ2) is 6.49. The number of aromatic nitrogens is 1. The maximum Gasteiger partial charge on any atom is 0.161 e. The largest absolute Gasteiger partial charge is 0.493 e. The predicted molar refractivity (Wildman–Crippen MR) is 91.7 cm³/mol. The van der Waals surface area contributed by atoms with E-state index in [9.17, 15) is 0 Å². The molecule has 0 saturated heterocycles. The molecule has 0 aliphatic carbocycles. The van der Waals surface area contributed by atoms with Gasteiger partial charge in [-0.3, -0.25) is 4.98 Å². The zero-order valence-corrected chi connectivity index (χ0v) is 13.8. The van der Waals surface area contributed by atoms with Gasteiger partial charge in [0.1, 0.15) is 12.7 Å². The standard InChI is InChI=1S/C17H12Cl2N2O2/c1-22-15-6-11-5-14-13(17(19)12(8-20)9-21-14)4-10(11)7-16(15)23-3-2-18/h4-7,9H,2-3H2,1H3. The van der Waals surface area contributed by atoms with Gasteiger partial charge in [-0.25, -0.2) is 0 Å². The van der Waals surface area contributed by atoms with Gasteiger partial charge < -0.3 is 9.47 Å². The van der Waals surface area contributed by atoms with E-state index in [2.05, 4.69) is 4.98 Å². The Labute approximate surface area is 143 Å². The molecule has 2 aromatic carbocycles. The molecule has 0 unspecified atom stereocenters. The highest BCUT2D eigenvalue weighted by molar-refractivity contribution is 6.36. The number of alkyl halides is 1. The van der Waals surface area contributed by atoms with Crippen LogP contribution in [0.3, 0.4) is 0 Å². The molecular weight excluding hydrogens is 335 g/mol. The summed E-state index contributed by atoms with van der Waals surface area (Å²) < 4.78 is 11.0. The van der Waals surface area contributed by atoms with Gasteiger partial charge in [-0.05, 0) is 35.0 Å². The number of hydrogen-bond acceptors (Lipinski definition) is 4. The molecule has 0 N–H and O–H groups in total. The van der Waals surface area contributed by atoms with E-state index in [0.29, 0.717) is 34.6 Å². The summed E-state index contributed by atoms with van der Waals surface area (Å²) >= 11 is 12.0. The molecule has 3 rings (SSSR count). The monoisotopic (exact) mass is 346 g/mol. The summed E-state index contributed by atoms with van der Waals surface area (Å²) in [6, 6.07) is 9.60. The molecule has 0 aliphatic heterocycles. The summed E-state index contributed by atoms with van der Waals surface area (Å²) in [7, 11) is 1.59. The topological polar surface area (TPSA) is 55.1 Å². The first-order chi connectivity index (χ1) is 11.2. The Balaban J connectivity index is 2.25. The third-order valence-electron chi connectivity index (χ3n) is 3.50. The molecule has 23 heavy (non-hydrogen) atoms. The maximum atomic E-state index is 9.08. The minimum Gasteiger partial charge on any atom is -0.493 e. The van der Waals surface area contributed by atoms with Crippen molar-refractivity contribution in [3.63, 3.8) is 0 Å². The predicted octanol–water partition coefficient (Wildman–Crippen LogP) is 4.54. The zero-order valence-electron chi connectivity index (χ0n) is 12.3. The molecule has 0 atom stereocenters. The number of rotatable bonds is 4. The fourth-order valence-electron chi connectivity index (χ4n) is 2.41. The summed E-state index contributed by atoms with van der Waals surface area (Å²) in [6.07, 6.45) is 1.48. The van der Waals surface area contributed by atoms with Crippen LogP contribution in [0.4, 0.5) is 0 Å². The van der Waals surface area contributed by atoms with Gasteiger partial charge in [0.05, 0.1) is 29.1 Å². The van der Waals surface area contributed by atoms with Crippen molar-refractivity contribution in [3.8, 4) is 17.6 Å². The van der Waals surface area contributed by atoms with Gasteiger partial charge >= 0.3 is 0 Å². The summed E-state index contributed by atoms with van der Waals surface area (Å²) in [5.74, 6) is 1.63. The Kier molecular flexibility index (Phi) is 4.42. The van der Waals surface area contributed by atoms with Crippen molar-refractivity contribution < 1.29 is 9.47 Å². The number of hydrogen-bond donors (Lipinski definition) is 0. The molecule has 0 fully saturated rings. The van der Waals surface area contributed by atoms with Gasteiger partial charge in [0.25, 0.3) is 0 Å². The van der Waals surface area contributed by atoms with Gasteiger partial charge in [-0.2, -0.15) is 5.26 Å². The molecule has 0 amide bonds. The molecule has 0 aliphatic rings. The summed E-state index contributed by atoms with van der Waals surface area (Å²) in [6.45, 7) is 0.387. The van der Waals surface area contributed by atoms with E-state index in [1.807, 2.05) is 30.3 Å². The SMILES string of the molecule is COc1cc2cc3ncc(C#N)c(Cl)c3cc2cc1OCCCl. The maximum absolute atomic E-state index is 9.08. The molecule has 3 aromatic rings. The molecule has 1 heterocycles. The lowest BCUT2D eigenvalue weighted by Gasteiger charge is -2.12. The van der Waals surface area contributed by atoms with Crippen molar-refractivity contribution in [2.24, 2.45) is 0 Å².